The maximum absolute atomic E-state index is 6.16. The lowest BCUT2D eigenvalue weighted by Crippen LogP contribution is -2.27. The second-order valence-corrected chi connectivity index (χ2v) is 6.05. The summed E-state index contributed by atoms with van der Waals surface area (Å²) in [6.07, 6.45) is 0.890. The Labute approximate surface area is 134 Å². The van der Waals surface area contributed by atoms with Gasteiger partial charge in [-0.25, -0.2) is 0 Å². The lowest BCUT2D eigenvalue weighted by molar-refractivity contribution is 0.545. The average Bonchev–Trinajstić information content (AvgIpc) is 2.43. The molecule has 20 heavy (non-hydrogen) atoms. The van der Waals surface area contributed by atoms with Gasteiger partial charge in [-0.3, -0.25) is 0 Å². The molecule has 0 aliphatic carbocycles. The van der Waals surface area contributed by atoms with Crippen molar-refractivity contribution in [3.8, 4) is 0 Å². The molecule has 2 aromatic rings. The van der Waals surface area contributed by atoms with Crippen molar-refractivity contribution in [1.82, 2.24) is 5.32 Å². The van der Waals surface area contributed by atoms with Crippen LogP contribution in [0, 0.1) is 0 Å². The quantitative estimate of drug-likeness (QED) is 0.778. The zero-order chi connectivity index (χ0) is 14.5. The summed E-state index contributed by atoms with van der Waals surface area (Å²) in [6, 6.07) is 13.9. The summed E-state index contributed by atoms with van der Waals surface area (Å²) in [6.45, 7) is 2.89. The third-order valence-corrected chi connectivity index (χ3v) is 4.23. The van der Waals surface area contributed by atoms with E-state index < -0.39 is 0 Å². The molecule has 0 radical (unpaired) electrons. The molecule has 0 saturated carbocycles. The van der Waals surface area contributed by atoms with Gasteiger partial charge in [0.1, 0.15) is 0 Å². The molecule has 0 aliphatic rings. The molecule has 0 aromatic heterocycles. The number of hydrogen-bond donors (Lipinski definition) is 1. The Balaban J connectivity index is 1.90. The molecule has 1 atom stereocenters. The highest BCUT2D eigenvalue weighted by Crippen LogP contribution is 2.22. The molecule has 0 spiro atoms. The van der Waals surface area contributed by atoms with Crippen LogP contribution < -0.4 is 5.32 Å². The molecule has 106 valence electrons. The largest absolute Gasteiger partial charge is 0.310 e. The second kappa shape index (κ2) is 7.33. The summed E-state index contributed by atoms with van der Waals surface area (Å²) >= 11 is 18.1. The molecule has 0 fully saturated rings. The summed E-state index contributed by atoms with van der Waals surface area (Å²) in [4.78, 5) is 0. The first-order valence-corrected chi connectivity index (χ1v) is 7.60. The highest BCUT2D eigenvalue weighted by molar-refractivity contribution is 6.42. The van der Waals surface area contributed by atoms with E-state index in [1.807, 2.05) is 36.4 Å². The Kier molecular flexibility index (Phi) is 5.74. The van der Waals surface area contributed by atoms with Gasteiger partial charge in [-0.15, -0.1) is 0 Å². The van der Waals surface area contributed by atoms with E-state index in [1.165, 1.54) is 0 Å². The molecule has 1 nitrogen and oxygen atoms in total. The molecule has 2 aromatic carbocycles. The zero-order valence-corrected chi connectivity index (χ0v) is 13.4. The Morgan fingerprint density at radius 3 is 2.40 bits per heavy atom. The minimum atomic E-state index is 0.323. The predicted octanol–water partition coefficient (Wildman–Crippen LogP) is 5.37. The Bertz CT molecular complexity index is 584. The first-order valence-electron chi connectivity index (χ1n) is 6.47. The molecule has 2 rings (SSSR count). The Morgan fingerprint density at radius 2 is 1.70 bits per heavy atom. The SMILES string of the molecule is CC(Cc1ccccc1Cl)NCc1ccc(Cl)c(Cl)c1. The van der Waals surface area contributed by atoms with Crippen molar-refractivity contribution in [1.29, 1.82) is 0 Å². The van der Waals surface area contributed by atoms with E-state index in [2.05, 4.69) is 18.3 Å². The average molecular weight is 329 g/mol. The molecule has 1 N–H and O–H groups in total. The van der Waals surface area contributed by atoms with E-state index in [0.29, 0.717) is 16.1 Å². The van der Waals surface area contributed by atoms with Gasteiger partial charge in [0.2, 0.25) is 0 Å². The number of benzene rings is 2. The van der Waals surface area contributed by atoms with Crippen molar-refractivity contribution >= 4 is 34.8 Å². The smallest absolute Gasteiger partial charge is 0.0595 e. The Hall–Kier alpha value is -0.730. The monoisotopic (exact) mass is 327 g/mol. The number of halogens is 3. The van der Waals surface area contributed by atoms with Gasteiger partial charge in [0.05, 0.1) is 10.0 Å². The van der Waals surface area contributed by atoms with E-state index in [0.717, 1.165) is 29.1 Å². The lowest BCUT2D eigenvalue weighted by Gasteiger charge is -2.15. The third-order valence-electron chi connectivity index (χ3n) is 3.12. The fourth-order valence-electron chi connectivity index (χ4n) is 2.01. The van der Waals surface area contributed by atoms with Crippen molar-refractivity contribution in [2.75, 3.05) is 0 Å². The van der Waals surface area contributed by atoms with Crippen LogP contribution in [0.4, 0.5) is 0 Å². The molecule has 4 heteroatoms. The van der Waals surface area contributed by atoms with E-state index in [-0.39, 0.29) is 0 Å². The van der Waals surface area contributed by atoms with Crippen molar-refractivity contribution < 1.29 is 0 Å². The van der Waals surface area contributed by atoms with Gasteiger partial charge in [-0.2, -0.15) is 0 Å². The van der Waals surface area contributed by atoms with Crippen LogP contribution in [0.1, 0.15) is 18.1 Å². The Morgan fingerprint density at radius 1 is 0.950 bits per heavy atom. The molecular formula is C16H16Cl3N. The van der Waals surface area contributed by atoms with Gasteiger partial charge in [-0.05, 0) is 42.7 Å². The van der Waals surface area contributed by atoms with Crippen molar-refractivity contribution in [3.63, 3.8) is 0 Å². The molecular weight excluding hydrogens is 313 g/mol. The van der Waals surface area contributed by atoms with Crippen LogP contribution in [0.2, 0.25) is 15.1 Å². The predicted molar refractivity (Wildman–Crippen MR) is 87.9 cm³/mol. The van der Waals surface area contributed by atoms with Gasteiger partial charge in [0.25, 0.3) is 0 Å². The van der Waals surface area contributed by atoms with Crippen molar-refractivity contribution in [2.45, 2.75) is 25.9 Å². The van der Waals surface area contributed by atoms with Crippen LogP contribution >= 0.6 is 34.8 Å². The van der Waals surface area contributed by atoms with Gasteiger partial charge in [0.15, 0.2) is 0 Å². The normalized spacial score (nSPS) is 12.4. The zero-order valence-electron chi connectivity index (χ0n) is 11.2. The maximum atomic E-state index is 6.16. The first kappa shape index (κ1) is 15.7. The summed E-state index contributed by atoms with van der Waals surface area (Å²) < 4.78 is 0. The van der Waals surface area contributed by atoms with Crippen LogP contribution in [0.15, 0.2) is 42.5 Å². The van der Waals surface area contributed by atoms with Gasteiger partial charge >= 0.3 is 0 Å². The molecule has 0 aliphatic heterocycles. The number of nitrogens with one attached hydrogen (secondary N) is 1. The van der Waals surface area contributed by atoms with Gasteiger partial charge in [-0.1, -0.05) is 59.1 Å². The van der Waals surface area contributed by atoms with E-state index in [4.69, 9.17) is 34.8 Å². The molecule has 0 heterocycles. The van der Waals surface area contributed by atoms with Gasteiger partial charge < -0.3 is 5.32 Å². The van der Waals surface area contributed by atoms with Crippen LogP contribution in [0.3, 0.4) is 0 Å². The third kappa shape index (κ3) is 4.39. The molecule has 0 saturated heterocycles. The molecule has 0 bridgehead atoms. The molecule has 1 unspecified atom stereocenters. The highest BCUT2D eigenvalue weighted by Gasteiger charge is 2.07. The number of hydrogen-bond acceptors (Lipinski definition) is 1. The fourth-order valence-corrected chi connectivity index (χ4v) is 2.54. The fraction of sp³-hybridized carbons (Fsp3) is 0.250. The number of rotatable bonds is 5. The minimum Gasteiger partial charge on any atom is -0.310 e. The summed E-state index contributed by atoms with van der Waals surface area (Å²) in [5.41, 5.74) is 2.27. The van der Waals surface area contributed by atoms with Crippen molar-refractivity contribution in [2.24, 2.45) is 0 Å². The van der Waals surface area contributed by atoms with Crippen LogP contribution in [-0.2, 0) is 13.0 Å². The first-order chi connectivity index (χ1) is 9.56. The maximum Gasteiger partial charge on any atom is 0.0595 e. The summed E-state index contributed by atoms with van der Waals surface area (Å²) in [5, 5.41) is 5.45. The summed E-state index contributed by atoms with van der Waals surface area (Å²) in [5.74, 6) is 0. The topological polar surface area (TPSA) is 12.0 Å². The minimum absolute atomic E-state index is 0.323. The summed E-state index contributed by atoms with van der Waals surface area (Å²) in [7, 11) is 0. The van der Waals surface area contributed by atoms with Gasteiger partial charge in [0, 0.05) is 17.6 Å². The van der Waals surface area contributed by atoms with E-state index >= 15 is 0 Å². The van der Waals surface area contributed by atoms with Crippen LogP contribution in [0.25, 0.3) is 0 Å². The highest BCUT2D eigenvalue weighted by atomic mass is 35.5. The standard InChI is InChI=1S/C16H16Cl3N/c1-11(8-13-4-2-3-5-14(13)17)20-10-12-6-7-15(18)16(19)9-12/h2-7,9,11,20H,8,10H2,1H3. The second-order valence-electron chi connectivity index (χ2n) is 4.83. The van der Waals surface area contributed by atoms with Crippen molar-refractivity contribution in [3.05, 3.63) is 68.7 Å². The van der Waals surface area contributed by atoms with Crippen LogP contribution in [0.5, 0.6) is 0 Å². The van der Waals surface area contributed by atoms with Crippen LogP contribution in [-0.4, -0.2) is 6.04 Å². The van der Waals surface area contributed by atoms with E-state index in [9.17, 15) is 0 Å². The lowest BCUT2D eigenvalue weighted by atomic mass is 10.1. The van der Waals surface area contributed by atoms with E-state index in [1.54, 1.807) is 0 Å². The molecule has 0 amide bonds.